The minimum atomic E-state index is -1.14. The van der Waals surface area contributed by atoms with Crippen molar-refractivity contribution in [3.63, 3.8) is 0 Å². The highest BCUT2D eigenvalue weighted by molar-refractivity contribution is 8.01. The molecule has 3 fully saturated rings. The van der Waals surface area contributed by atoms with Crippen LogP contribution in [0.1, 0.15) is 12.5 Å². The average molecular weight is 390 g/mol. The van der Waals surface area contributed by atoms with Gasteiger partial charge >= 0.3 is 11.9 Å². The van der Waals surface area contributed by atoms with Crippen molar-refractivity contribution in [1.82, 2.24) is 9.80 Å². The molecule has 0 spiro atoms. The normalized spacial score (nSPS) is 32.1. The zero-order chi connectivity index (χ0) is 19.3. The molecule has 2 amide bonds. The predicted octanol–water partition coefficient (Wildman–Crippen LogP) is 0.110. The first kappa shape index (κ1) is 17.8. The van der Waals surface area contributed by atoms with E-state index >= 15 is 0 Å². The number of hydrogen-bond acceptors (Lipinski definition) is 6. The van der Waals surface area contributed by atoms with Crippen LogP contribution in [0.25, 0.3) is 0 Å². The summed E-state index contributed by atoms with van der Waals surface area (Å²) in [6.07, 6.45) is 0.0505. The molecule has 142 valence electrons. The number of fused-ring (bicyclic) bond motifs is 1. The van der Waals surface area contributed by atoms with Gasteiger partial charge in [-0.15, -0.1) is 11.8 Å². The standard InChI is InChI=1S/C18H18N2O6S/c1-18-9-26-12(22)8-19(11(21)7-10-5-3-2-4-6-10)13-15(23)20(16(13)27-18)14(18)17(24)25/h2-6,13-14,16H,7-9H2,1H3,(H,24,25)/t13-,14+,16?,18+/m1/s1. The van der Waals surface area contributed by atoms with Crippen LogP contribution in [-0.2, 0) is 30.3 Å². The van der Waals surface area contributed by atoms with Crippen molar-refractivity contribution < 1.29 is 29.0 Å². The fourth-order valence-electron chi connectivity index (χ4n) is 3.90. The SMILES string of the molecule is C[C@@]12COC(=O)CN(C(=O)Cc3ccccc3)[C@@H]3C(=O)N(C3S1)[C@H]2C(=O)O. The molecular weight excluding hydrogens is 372 g/mol. The summed E-state index contributed by atoms with van der Waals surface area (Å²) in [6.45, 7) is 1.23. The Morgan fingerprint density at radius 3 is 2.67 bits per heavy atom. The summed E-state index contributed by atoms with van der Waals surface area (Å²) < 4.78 is 4.31. The fraction of sp³-hybridized carbons (Fsp3) is 0.444. The molecule has 8 nitrogen and oxygen atoms in total. The number of ether oxygens (including phenoxy) is 1. The number of β-lactam (4-membered cyclic amide) rings is 1. The molecule has 1 aromatic carbocycles. The number of amides is 2. The lowest BCUT2D eigenvalue weighted by Crippen LogP contribution is -2.72. The van der Waals surface area contributed by atoms with E-state index in [1.54, 1.807) is 31.2 Å². The van der Waals surface area contributed by atoms with Crippen LogP contribution in [0.2, 0.25) is 0 Å². The molecule has 3 aliphatic rings. The molecule has 1 N–H and O–H groups in total. The number of thioether (sulfide) groups is 1. The van der Waals surface area contributed by atoms with Crippen molar-refractivity contribution in [2.75, 3.05) is 13.2 Å². The summed E-state index contributed by atoms with van der Waals surface area (Å²) in [5, 5.41) is 9.11. The van der Waals surface area contributed by atoms with E-state index in [4.69, 9.17) is 4.74 Å². The summed E-state index contributed by atoms with van der Waals surface area (Å²) in [7, 11) is 0. The first-order chi connectivity index (χ1) is 12.8. The molecule has 4 atom stereocenters. The predicted molar refractivity (Wildman–Crippen MR) is 94.7 cm³/mol. The van der Waals surface area contributed by atoms with Gasteiger partial charge in [0, 0.05) is 0 Å². The van der Waals surface area contributed by atoms with E-state index < -0.39 is 40.1 Å². The topological polar surface area (TPSA) is 104 Å². The maximum absolute atomic E-state index is 12.9. The zero-order valence-electron chi connectivity index (χ0n) is 14.5. The Balaban J connectivity index is 1.65. The van der Waals surface area contributed by atoms with Gasteiger partial charge in [0.15, 0.2) is 0 Å². The molecule has 1 aromatic rings. The molecule has 1 unspecified atom stereocenters. The van der Waals surface area contributed by atoms with Gasteiger partial charge < -0.3 is 19.6 Å². The molecular formula is C18H18N2O6S. The van der Waals surface area contributed by atoms with Gasteiger partial charge in [-0.05, 0) is 12.5 Å². The smallest absolute Gasteiger partial charge is 0.328 e. The Morgan fingerprint density at radius 2 is 2.00 bits per heavy atom. The average Bonchev–Trinajstić information content (AvgIpc) is 2.92. The molecule has 4 rings (SSSR count). The highest BCUT2D eigenvalue weighted by Crippen LogP contribution is 2.53. The number of hydrogen-bond donors (Lipinski definition) is 1. The number of carboxylic acid groups (broad SMARTS) is 1. The van der Waals surface area contributed by atoms with E-state index in [9.17, 15) is 24.3 Å². The first-order valence-electron chi connectivity index (χ1n) is 8.54. The minimum Gasteiger partial charge on any atom is -0.480 e. The fourth-order valence-corrected chi connectivity index (χ4v) is 5.66. The number of carboxylic acids is 1. The minimum absolute atomic E-state index is 0.0505. The van der Waals surface area contributed by atoms with Crippen molar-refractivity contribution >= 4 is 35.5 Å². The number of esters is 1. The highest BCUT2D eigenvalue weighted by atomic mass is 32.2. The van der Waals surface area contributed by atoms with Gasteiger partial charge in [-0.1, -0.05) is 30.3 Å². The second kappa shape index (κ2) is 6.26. The van der Waals surface area contributed by atoms with Crippen LogP contribution in [0.15, 0.2) is 30.3 Å². The number of aliphatic carboxylic acids is 1. The van der Waals surface area contributed by atoms with E-state index in [-0.39, 0.29) is 25.5 Å². The lowest BCUT2D eigenvalue weighted by Gasteiger charge is -2.48. The molecule has 3 saturated heterocycles. The van der Waals surface area contributed by atoms with Crippen molar-refractivity contribution in [2.45, 2.75) is 35.5 Å². The van der Waals surface area contributed by atoms with Crippen molar-refractivity contribution in [2.24, 2.45) is 0 Å². The van der Waals surface area contributed by atoms with Crippen LogP contribution in [0, 0.1) is 0 Å². The summed E-state index contributed by atoms with van der Waals surface area (Å²) in [6, 6.07) is 7.10. The molecule has 2 bridgehead atoms. The maximum atomic E-state index is 12.9. The van der Waals surface area contributed by atoms with E-state index in [1.807, 2.05) is 6.07 Å². The third-order valence-corrected chi connectivity index (χ3v) is 6.81. The Labute approximate surface area is 159 Å². The summed E-state index contributed by atoms with van der Waals surface area (Å²) in [5.41, 5.74) is 0.770. The van der Waals surface area contributed by atoms with Crippen LogP contribution in [0.3, 0.4) is 0 Å². The number of carbonyl (C=O) groups excluding carboxylic acids is 3. The van der Waals surface area contributed by atoms with E-state index in [0.29, 0.717) is 0 Å². The quantitative estimate of drug-likeness (QED) is 0.577. The molecule has 3 aliphatic heterocycles. The summed E-state index contributed by atoms with van der Waals surface area (Å²) in [5.74, 6) is -2.57. The maximum Gasteiger partial charge on any atom is 0.328 e. The lowest BCUT2D eigenvalue weighted by atomic mass is 9.93. The van der Waals surface area contributed by atoms with Crippen LogP contribution in [0.5, 0.6) is 0 Å². The molecule has 0 radical (unpaired) electrons. The van der Waals surface area contributed by atoms with E-state index in [1.165, 1.54) is 21.6 Å². The van der Waals surface area contributed by atoms with Gasteiger partial charge in [0.25, 0.3) is 0 Å². The molecule has 9 heteroatoms. The van der Waals surface area contributed by atoms with Crippen LogP contribution in [0.4, 0.5) is 0 Å². The van der Waals surface area contributed by atoms with Gasteiger partial charge in [-0.3, -0.25) is 14.4 Å². The zero-order valence-corrected chi connectivity index (χ0v) is 15.3. The van der Waals surface area contributed by atoms with Crippen molar-refractivity contribution in [3.8, 4) is 0 Å². The lowest BCUT2D eigenvalue weighted by molar-refractivity contribution is -0.174. The molecule has 3 heterocycles. The molecule has 0 aliphatic carbocycles. The number of carbonyl (C=O) groups is 4. The van der Waals surface area contributed by atoms with Gasteiger partial charge in [0.2, 0.25) is 11.8 Å². The van der Waals surface area contributed by atoms with Gasteiger partial charge in [0.1, 0.15) is 30.6 Å². The van der Waals surface area contributed by atoms with Crippen molar-refractivity contribution in [1.29, 1.82) is 0 Å². The number of cyclic esters (lactones) is 1. The molecule has 0 aromatic heterocycles. The van der Waals surface area contributed by atoms with E-state index in [0.717, 1.165) is 5.56 Å². The third kappa shape index (κ3) is 2.77. The molecule has 0 saturated carbocycles. The van der Waals surface area contributed by atoms with Gasteiger partial charge in [-0.25, -0.2) is 4.79 Å². The molecule has 27 heavy (non-hydrogen) atoms. The second-order valence-corrected chi connectivity index (χ2v) is 8.75. The van der Waals surface area contributed by atoms with Crippen LogP contribution >= 0.6 is 11.8 Å². The summed E-state index contributed by atoms with van der Waals surface area (Å²) >= 11 is 1.28. The Hall–Kier alpha value is -2.55. The number of nitrogens with zero attached hydrogens (tertiary/aromatic N) is 2. The van der Waals surface area contributed by atoms with Gasteiger partial charge in [0.05, 0.1) is 11.2 Å². The monoisotopic (exact) mass is 390 g/mol. The van der Waals surface area contributed by atoms with Crippen LogP contribution in [-0.4, -0.2) is 74.0 Å². The largest absolute Gasteiger partial charge is 0.480 e. The number of benzene rings is 1. The third-order valence-electron chi connectivity index (χ3n) is 5.21. The van der Waals surface area contributed by atoms with E-state index in [2.05, 4.69) is 0 Å². The Kier molecular flexibility index (Phi) is 4.14. The van der Waals surface area contributed by atoms with Crippen molar-refractivity contribution in [3.05, 3.63) is 35.9 Å². The first-order valence-corrected chi connectivity index (χ1v) is 9.41. The van der Waals surface area contributed by atoms with Crippen LogP contribution < -0.4 is 0 Å². The Bertz CT molecular complexity index is 830. The highest BCUT2D eigenvalue weighted by Gasteiger charge is 2.68. The number of rotatable bonds is 3. The summed E-state index contributed by atoms with van der Waals surface area (Å²) in [4.78, 5) is 52.1. The second-order valence-electron chi connectivity index (χ2n) is 7.10. The Morgan fingerprint density at radius 1 is 1.30 bits per heavy atom. The van der Waals surface area contributed by atoms with Gasteiger partial charge in [-0.2, -0.15) is 0 Å².